The zero-order chi connectivity index (χ0) is 24.8. The molecule has 2 aromatic heterocycles. The molecule has 0 bridgehead atoms. The Morgan fingerprint density at radius 2 is 1.94 bits per heavy atom. The van der Waals surface area contributed by atoms with Crippen LogP contribution in [0, 0.1) is 11.7 Å². The van der Waals surface area contributed by atoms with Crippen molar-refractivity contribution in [2.45, 2.75) is 20.4 Å². The van der Waals surface area contributed by atoms with Crippen LogP contribution in [-0.4, -0.2) is 35.7 Å². The molecule has 8 nitrogen and oxygen atoms in total. The summed E-state index contributed by atoms with van der Waals surface area (Å²) in [5.74, 6) is -0.775. The highest BCUT2D eigenvalue weighted by Crippen LogP contribution is 2.29. The number of anilines is 2. The molecule has 0 unspecified atom stereocenters. The van der Waals surface area contributed by atoms with Crippen LogP contribution in [0.15, 0.2) is 52.1 Å². The van der Waals surface area contributed by atoms with Gasteiger partial charge in [-0.25, -0.2) is 9.18 Å². The summed E-state index contributed by atoms with van der Waals surface area (Å²) >= 11 is 1.43. The van der Waals surface area contributed by atoms with Gasteiger partial charge in [-0.1, -0.05) is 26.0 Å². The summed E-state index contributed by atoms with van der Waals surface area (Å²) in [5.41, 5.74) is 5.60. The highest BCUT2D eigenvalue weighted by Gasteiger charge is 2.23. The molecule has 34 heavy (non-hydrogen) atoms. The van der Waals surface area contributed by atoms with Crippen LogP contribution in [0.1, 0.15) is 18.7 Å². The summed E-state index contributed by atoms with van der Waals surface area (Å²) in [6.07, 6.45) is 2.97. The maximum Gasteiger partial charge on any atom is 0.330 e. The monoisotopic (exact) mass is 486 g/mol. The van der Waals surface area contributed by atoms with Crippen molar-refractivity contribution in [1.29, 1.82) is 0 Å². The lowest BCUT2D eigenvalue weighted by atomic mass is 10.2. The SMILES string of the molecule is COCCN(C(=O)C=Cc1ccc(-c2ccc(F)cc2)s1)c1c(N)n(CC(C)C)c(=O)[nH]c1=O. The number of carbonyl (C=O) groups excluding carboxylic acids is 1. The number of hydrogen-bond donors (Lipinski definition) is 2. The minimum atomic E-state index is -0.741. The van der Waals surface area contributed by atoms with Gasteiger partial charge >= 0.3 is 5.69 Å². The third kappa shape index (κ3) is 5.89. The maximum absolute atomic E-state index is 13.2. The largest absolute Gasteiger partial charge is 0.383 e. The number of thiophene rings is 1. The van der Waals surface area contributed by atoms with Crippen molar-refractivity contribution in [3.05, 3.63) is 74.0 Å². The van der Waals surface area contributed by atoms with Gasteiger partial charge in [0.05, 0.1) is 6.61 Å². The molecule has 1 amide bonds. The average Bonchev–Trinajstić information content (AvgIpc) is 3.26. The van der Waals surface area contributed by atoms with Crippen LogP contribution in [0.2, 0.25) is 0 Å². The van der Waals surface area contributed by atoms with E-state index in [9.17, 15) is 18.8 Å². The Morgan fingerprint density at radius 1 is 1.24 bits per heavy atom. The fraction of sp³-hybridized carbons (Fsp3) is 0.292. The molecule has 0 aliphatic carbocycles. The van der Waals surface area contributed by atoms with E-state index in [1.54, 1.807) is 18.2 Å². The number of hydrogen-bond acceptors (Lipinski definition) is 6. The third-order valence-corrected chi connectivity index (χ3v) is 6.06. The van der Waals surface area contributed by atoms with Gasteiger partial charge in [0.15, 0.2) is 5.69 Å². The molecule has 0 saturated carbocycles. The van der Waals surface area contributed by atoms with Crippen LogP contribution in [0.4, 0.5) is 15.9 Å². The van der Waals surface area contributed by atoms with Crippen molar-refractivity contribution in [2.75, 3.05) is 30.9 Å². The molecular weight excluding hydrogens is 459 g/mol. The number of aromatic nitrogens is 2. The van der Waals surface area contributed by atoms with E-state index < -0.39 is 17.2 Å². The first kappa shape index (κ1) is 25.1. The molecule has 3 aromatic rings. The number of aromatic amines is 1. The van der Waals surface area contributed by atoms with E-state index in [0.29, 0.717) is 0 Å². The average molecular weight is 487 g/mol. The summed E-state index contributed by atoms with van der Waals surface area (Å²) in [7, 11) is 1.48. The van der Waals surface area contributed by atoms with Gasteiger partial charge in [-0.3, -0.25) is 24.0 Å². The summed E-state index contributed by atoms with van der Waals surface area (Å²) in [6.45, 7) is 4.34. The standard InChI is InChI=1S/C24H27FN4O4S/c1-15(2)14-29-22(26)21(23(31)27-24(29)32)28(12-13-33-3)20(30)11-9-18-8-10-19(34-18)16-4-6-17(25)7-5-16/h4-11,15H,12-14,26H2,1-3H3,(H,27,31,32). The molecule has 0 spiro atoms. The Morgan fingerprint density at radius 3 is 2.59 bits per heavy atom. The summed E-state index contributed by atoms with van der Waals surface area (Å²) in [5, 5.41) is 0. The second-order valence-corrected chi connectivity index (χ2v) is 9.14. The van der Waals surface area contributed by atoms with Gasteiger partial charge in [0.2, 0.25) is 0 Å². The first-order valence-electron chi connectivity index (χ1n) is 10.7. The van der Waals surface area contributed by atoms with Gasteiger partial charge < -0.3 is 10.5 Å². The van der Waals surface area contributed by atoms with Crippen molar-refractivity contribution >= 4 is 34.8 Å². The predicted molar refractivity (Wildman–Crippen MR) is 134 cm³/mol. The molecule has 3 N–H and O–H groups in total. The second-order valence-electron chi connectivity index (χ2n) is 8.02. The maximum atomic E-state index is 13.2. The van der Waals surface area contributed by atoms with Gasteiger partial charge in [-0.2, -0.15) is 0 Å². The highest BCUT2D eigenvalue weighted by molar-refractivity contribution is 7.16. The zero-order valence-corrected chi connectivity index (χ0v) is 20.0. The van der Waals surface area contributed by atoms with Gasteiger partial charge in [0, 0.05) is 36.0 Å². The fourth-order valence-corrected chi connectivity index (χ4v) is 4.27. The number of methoxy groups -OCH3 is 1. The van der Waals surface area contributed by atoms with E-state index >= 15 is 0 Å². The van der Waals surface area contributed by atoms with Crippen molar-refractivity contribution in [3.8, 4) is 10.4 Å². The number of ether oxygens (including phenoxy) is 1. The predicted octanol–water partition coefficient (Wildman–Crippen LogP) is 3.34. The van der Waals surface area contributed by atoms with E-state index in [1.807, 2.05) is 26.0 Å². The number of rotatable bonds is 9. The van der Waals surface area contributed by atoms with Crippen molar-refractivity contribution in [3.63, 3.8) is 0 Å². The minimum Gasteiger partial charge on any atom is -0.383 e. The van der Waals surface area contributed by atoms with Crippen LogP contribution < -0.4 is 21.9 Å². The Bertz CT molecular complexity index is 1290. The molecule has 2 heterocycles. The molecule has 10 heteroatoms. The lowest BCUT2D eigenvalue weighted by molar-refractivity contribution is -0.114. The quantitative estimate of drug-likeness (QED) is 0.451. The van der Waals surface area contributed by atoms with E-state index in [1.165, 1.54) is 46.1 Å². The van der Waals surface area contributed by atoms with Gasteiger partial charge in [0.25, 0.3) is 11.5 Å². The van der Waals surface area contributed by atoms with Crippen molar-refractivity contribution < 1.29 is 13.9 Å². The zero-order valence-electron chi connectivity index (χ0n) is 19.2. The number of H-pyrrole nitrogens is 1. The van der Waals surface area contributed by atoms with E-state index in [4.69, 9.17) is 10.5 Å². The molecule has 0 saturated heterocycles. The van der Waals surface area contributed by atoms with Crippen molar-refractivity contribution in [2.24, 2.45) is 5.92 Å². The van der Waals surface area contributed by atoms with Gasteiger partial charge in [-0.15, -0.1) is 11.3 Å². The number of benzene rings is 1. The number of amides is 1. The second kappa shape index (κ2) is 11.1. The molecule has 0 radical (unpaired) electrons. The lowest BCUT2D eigenvalue weighted by Crippen LogP contribution is -2.42. The molecule has 180 valence electrons. The number of nitrogens with one attached hydrogen (secondary N) is 1. The minimum absolute atomic E-state index is 0.0676. The Balaban J connectivity index is 1.91. The molecule has 0 aliphatic heterocycles. The molecule has 3 rings (SSSR count). The fourth-order valence-electron chi connectivity index (χ4n) is 3.35. The van der Waals surface area contributed by atoms with Crippen LogP contribution >= 0.6 is 11.3 Å². The first-order chi connectivity index (χ1) is 16.2. The van der Waals surface area contributed by atoms with Crippen molar-refractivity contribution in [1.82, 2.24) is 9.55 Å². The van der Waals surface area contributed by atoms with E-state index in [0.717, 1.165) is 15.3 Å². The molecule has 0 fully saturated rings. The Labute approximate surface area is 200 Å². The van der Waals surface area contributed by atoms with Crippen LogP contribution in [0.3, 0.4) is 0 Å². The molecule has 0 atom stereocenters. The number of nitrogen functional groups attached to an aromatic ring is 1. The smallest absolute Gasteiger partial charge is 0.330 e. The lowest BCUT2D eigenvalue weighted by Gasteiger charge is -2.23. The van der Waals surface area contributed by atoms with Gasteiger partial charge in [-0.05, 0) is 41.8 Å². The van der Waals surface area contributed by atoms with Crippen LogP contribution in [0.5, 0.6) is 0 Å². The number of carbonyl (C=O) groups is 1. The summed E-state index contributed by atoms with van der Waals surface area (Å²) in [4.78, 5) is 43.2. The number of nitrogens with zero attached hydrogens (tertiary/aromatic N) is 2. The van der Waals surface area contributed by atoms with Crippen LogP contribution in [-0.2, 0) is 16.1 Å². The topological polar surface area (TPSA) is 110 Å². The number of halogens is 1. The Hall–Kier alpha value is -3.50. The summed E-state index contributed by atoms with van der Waals surface area (Å²) in [6, 6.07) is 9.89. The highest BCUT2D eigenvalue weighted by atomic mass is 32.1. The third-order valence-electron chi connectivity index (χ3n) is 4.96. The number of nitrogens with two attached hydrogens (primary N) is 1. The first-order valence-corrected chi connectivity index (χ1v) is 11.5. The summed E-state index contributed by atoms with van der Waals surface area (Å²) < 4.78 is 19.5. The van der Waals surface area contributed by atoms with E-state index in [-0.39, 0.29) is 42.9 Å². The van der Waals surface area contributed by atoms with E-state index in [2.05, 4.69) is 4.98 Å². The molecule has 1 aromatic carbocycles. The molecule has 0 aliphatic rings. The molecular formula is C24H27FN4O4S. The Kier molecular flexibility index (Phi) is 8.19. The van der Waals surface area contributed by atoms with Gasteiger partial charge in [0.1, 0.15) is 11.6 Å². The normalized spacial score (nSPS) is 11.4. The van der Waals surface area contributed by atoms with Crippen LogP contribution in [0.25, 0.3) is 16.5 Å².